The number of fused-ring (bicyclic) bond motifs is 5. The highest BCUT2D eigenvalue weighted by Crippen LogP contribution is 2.70. The average Bonchev–Trinajstić information content (AvgIpc) is 3.15. The summed E-state index contributed by atoms with van der Waals surface area (Å²) < 4.78 is 21.4. The molecule has 0 amide bonds. The molecule has 0 radical (unpaired) electrons. The van der Waals surface area contributed by atoms with Gasteiger partial charge in [-0.2, -0.15) is 0 Å². The van der Waals surface area contributed by atoms with Gasteiger partial charge in [-0.05, 0) is 144 Å². The number of aliphatic carboxylic acids is 1. The number of carboxylic acid groups (broad SMARTS) is 1. The van der Waals surface area contributed by atoms with Crippen LogP contribution in [0.25, 0.3) is 0 Å². The molecule has 0 aromatic rings. The zero-order chi connectivity index (χ0) is 30.9. The van der Waals surface area contributed by atoms with Crippen LogP contribution < -0.4 is 0 Å². The lowest BCUT2D eigenvalue weighted by Gasteiger charge is -2.67. The topological polar surface area (TPSA) is 65.0 Å². The van der Waals surface area contributed by atoms with Crippen LogP contribution in [0.15, 0.2) is 0 Å². The van der Waals surface area contributed by atoms with E-state index < -0.39 is 30.9 Å². The Bertz CT molecular complexity index is 954. The molecular weight excluding hydrogens is 561 g/mol. The summed E-state index contributed by atoms with van der Waals surface area (Å²) in [5, 5.41) is 10.2. The Labute approximate surface area is 255 Å². The van der Waals surface area contributed by atoms with Crippen molar-refractivity contribution in [2.75, 3.05) is 0 Å². The van der Waals surface area contributed by atoms with E-state index in [1.165, 1.54) is 6.42 Å². The summed E-state index contributed by atoms with van der Waals surface area (Å²) >= 11 is 0. The third kappa shape index (κ3) is 6.54. The van der Waals surface area contributed by atoms with Crippen LogP contribution in [-0.2, 0) is 18.1 Å². The fourth-order valence-electron chi connectivity index (χ4n) is 10.7. The largest absolute Gasteiger partial charge is 0.481 e. The van der Waals surface area contributed by atoms with Crippen molar-refractivity contribution in [2.45, 2.75) is 150 Å². The van der Waals surface area contributed by atoms with Crippen LogP contribution in [-0.4, -0.2) is 54.3 Å². The molecular formula is C33H64O5Si3. The minimum atomic E-state index is -1.87. The maximum Gasteiger partial charge on any atom is 0.306 e. The van der Waals surface area contributed by atoms with Crippen molar-refractivity contribution in [3.8, 4) is 0 Å². The van der Waals surface area contributed by atoms with Gasteiger partial charge in [-0.3, -0.25) is 4.79 Å². The number of rotatable bonds is 9. The highest BCUT2D eigenvalue weighted by molar-refractivity contribution is 6.70. The van der Waals surface area contributed by atoms with E-state index in [1.54, 1.807) is 0 Å². The summed E-state index contributed by atoms with van der Waals surface area (Å²) in [5.41, 5.74) is 0.1000. The van der Waals surface area contributed by atoms with Crippen LogP contribution in [0, 0.1) is 52.3 Å². The fourth-order valence-corrected chi connectivity index (χ4v) is 14.2. The summed E-state index contributed by atoms with van der Waals surface area (Å²) in [7, 11) is -5.33. The Morgan fingerprint density at radius 1 is 0.829 bits per heavy atom. The third-order valence-corrected chi connectivity index (χ3v) is 15.0. The molecule has 0 heterocycles. The highest BCUT2D eigenvalue weighted by atomic mass is 28.4. The van der Waals surface area contributed by atoms with Crippen molar-refractivity contribution < 1.29 is 23.2 Å². The van der Waals surface area contributed by atoms with E-state index >= 15 is 0 Å². The molecule has 0 aromatic heterocycles. The maximum absolute atomic E-state index is 12.4. The molecule has 4 saturated carbocycles. The van der Waals surface area contributed by atoms with E-state index in [9.17, 15) is 9.90 Å². The summed E-state index contributed by atoms with van der Waals surface area (Å²) in [6.07, 6.45) is 8.58. The molecule has 4 aliphatic rings. The second-order valence-electron chi connectivity index (χ2n) is 17.9. The van der Waals surface area contributed by atoms with Crippen LogP contribution in [0.4, 0.5) is 0 Å². The van der Waals surface area contributed by atoms with Crippen molar-refractivity contribution in [3.05, 3.63) is 0 Å². The zero-order valence-corrected chi connectivity index (χ0v) is 31.8. The lowest BCUT2D eigenvalue weighted by atomic mass is 9.41. The predicted molar refractivity (Wildman–Crippen MR) is 177 cm³/mol. The van der Waals surface area contributed by atoms with E-state index in [4.69, 9.17) is 13.3 Å². The van der Waals surface area contributed by atoms with Gasteiger partial charge in [-0.15, -0.1) is 0 Å². The molecule has 4 rings (SSSR count). The van der Waals surface area contributed by atoms with Crippen molar-refractivity contribution in [2.24, 2.45) is 52.3 Å². The summed E-state index contributed by atoms with van der Waals surface area (Å²) in [6.45, 7) is 30.5. The molecule has 0 bridgehead atoms. The lowest BCUT2D eigenvalue weighted by Crippen LogP contribution is -2.67. The van der Waals surface area contributed by atoms with E-state index in [0.717, 1.165) is 38.5 Å². The normalized spacial score (nSPS) is 44.1. The molecule has 238 valence electrons. The second kappa shape index (κ2) is 11.4. The predicted octanol–water partition coefficient (Wildman–Crippen LogP) is 8.88. The van der Waals surface area contributed by atoms with Crippen molar-refractivity contribution >= 4 is 30.9 Å². The van der Waals surface area contributed by atoms with Gasteiger partial charge in [0.2, 0.25) is 0 Å². The molecule has 5 nitrogen and oxygen atoms in total. The van der Waals surface area contributed by atoms with Gasteiger partial charge in [0.1, 0.15) is 0 Å². The molecule has 3 unspecified atom stereocenters. The first-order chi connectivity index (χ1) is 18.6. The molecule has 4 aliphatic carbocycles. The van der Waals surface area contributed by atoms with Crippen LogP contribution in [0.3, 0.4) is 0 Å². The van der Waals surface area contributed by atoms with Gasteiger partial charge in [0, 0.05) is 6.10 Å². The number of carboxylic acids is 1. The number of hydrogen-bond acceptors (Lipinski definition) is 4. The first kappa shape index (κ1) is 33.9. The van der Waals surface area contributed by atoms with E-state index in [-0.39, 0.29) is 34.9 Å². The Morgan fingerprint density at radius 2 is 1.41 bits per heavy atom. The molecule has 41 heavy (non-hydrogen) atoms. The monoisotopic (exact) mass is 624 g/mol. The van der Waals surface area contributed by atoms with E-state index in [2.05, 4.69) is 79.7 Å². The molecule has 0 spiro atoms. The molecule has 8 heteroatoms. The van der Waals surface area contributed by atoms with Gasteiger partial charge in [0.05, 0.1) is 18.1 Å². The molecule has 1 N–H and O–H groups in total. The molecule has 12 atom stereocenters. The van der Waals surface area contributed by atoms with Crippen LogP contribution in [0.5, 0.6) is 0 Å². The zero-order valence-electron chi connectivity index (χ0n) is 28.8. The van der Waals surface area contributed by atoms with E-state index in [1.807, 2.05) is 6.92 Å². The highest BCUT2D eigenvalue weighted by Gasteiger charge is 2.69. The maximum atomic E-state index is 12.4. The Balaban J connectivity index is 1.84. The Kier molecular flexibility index (Phi) is 9.44. The van der Waals surface area contributed by atoms with Gasteiger partial charge < -0.3 is 18.4 Å². The minimum absolute atomic E-state index is 0.119. The first-order valence-electron chi connectivity index (χ1n) is 16.9. The van der Waals surface area contributed by atoms with Gasteiger partial charge in [-0.25, -0.2) is 0 Å². The van der Waals surface area contributed by atoms with Crippen molar-refractivity contribution in [1.29, 1.82) is 0 Å². The quantitative estimate of drug-likeness (QED) is 0.260. The van der Waals surface area contributed by atoms with Crippen LogP contribution in [0.2, 0.25) is 58.9 Å². The number of hydrogen-bond donors (Lipinski definition) is 1. The second-order valence-corrected chi connectivity index (χ2v) is 31.3. The van der Waals surface area contributed by atoms with Gasteiger partial charge >= 0.3 is 5.97 Å². The van der Waals surface area contributed by atoms with E-state index in [0.29, 0.717) is 35.7 Å². The van der Waals surface area contributed by atoms with Crippen molar-refractivity contribution in [1.82, 2.24) is 0 Å². The third-order valence-electron chi connectivity index (χ3n) is 12.0. The van der Waals surface area contributed by atoms with Gasteiger partial charge in [0.25, 0.3) is 0 Å². The number of carbonyl (C=O) groups is 1. The average molecular weight is 625 g/mol. The first-order valence-corrected chi connectivity index (χ1v) is 27.1. The van der Waals surface area contributed by atoms with Crippen LogP contribution >= 0.6 is 0 Å². The lowest BCUT2D eigenvalue weighted by molar-refractivity contribution is -0.221. The molecule has 0 aromatic carbocycles. The van der Waals surface area contributed by atoms with Gasteiger partial charge in [0.15, 0.2) is 25.0 Å². The molecule has 0 saturated heterocycles. The summed E-state index contributed by atoms with van der Waals surface area (Å²) in [6, 6.07) is 0. The fraction of sp³-hybridized carbons (Fsp3) is 0.970. The van der Waals surface area contributed by atoms with Crippen LogP contribution in [0.1, 0.15) is 72.6 Å². The Hall–Kier alpha value is 0.000649. The van der Waals surface area contributed by atoms with Gasteiger partial charge in [-0.1, -0.05) is 34.1 Å². The smallest absolute Gasteiger partial charge is 0.306 e. The minimum Gasteiger partial charge on any atom is -0.481 e. The van der Waals surface area contributed by atoms with Crippen molar-refractivity contribution in [3.63, 3.8) is 0 Å². The standard InChI is InChI=1S/C33H64O5Si3/c1-14-23-26-19-22(36-39(5,6)7)17-18-32(26,3)27-20-28(37-40(8,9)10)33(4)24(21(2)31(34)35)15-16-25(33)29(27)30(23)38-41(11,12)13/h21-30H,14-20H2,1-13H3,(H,34,35)/t21-,22?,23+,24+,25-,26-,27-,28?,29-,30?,32-,33+/m0/s1. The summed E-state index contributed by atoms with van der Waals surface area (Å²) in [4.78, 5) is 12.4. The molecule has 4 fully saturated rings. The molecule has 0 aliphatic heterocycles. The summed E-state index contributed by atoms with van der Waals surface area (Å²) in [5.74, 6) is 1.72. The SMILES string of the molecule is CC[C@H]1C(O[Si](C)(C)C)[C@@H]2[C@H](CC(O[Si](C)(C)C)[C@]3(C)[C@@H]([C@H](C)C(=O)O)CC[C@@H]23)[C@@]2(C)CCC(O[Si](C)(C)C)C[C@@H]12. The Morgan fingerprint density at radius 3 is 1.93 bits per heavy atom.